The van der Waals surface area contributed by atoms with Gasteiger partial charge in [-0.3, -0.25) is 14.2 Å². The van der Waals surface area contributed by atoms with Gasteiger partial charge < -0.3 is 4.74 Å². The zero-order valence-corrected chi connectivity index (χ0v) is 25.7. The summed E-state index contributed by atoms with van der Waals surface area (Å²) in [6.07, 6.45) is 1.67. The number of rotatable bonds is 7. The van der Waals surface area contributed by atoms with Gasteiger partial charge in [-0.1, -0.05) is 98.0 Å². The number of hydrazone groups is 1. The Bertz CT molecular complexity index is 1970. The highest BCUT2D eigenvalue weighted by molar-refractivity contribution is 7.07. The molecule has 9 heteroatoms. The molecule has 2 atom stereocenters. The smallest absolute Gasteiger partial charge is 0.338 e. The Morgan fingerprint density at radius 3 is 2.27 bits per heavy atom. The highest BCUT2D eigenvalue weighted by atomic mass is 32.1. The summed E-state index contributed by atoms with van der Waals surface area (Å²) in [5.74, 6) is -1.17. The van der Waals surface area contributed by atoms with E-state index in [1.165, 1.54) is 16.3 Å². The third-order valence-corrected chi connectivity index (χ3v) is 8.80. The minimum absolute atomic E-state index is 0.175. The van der Waals surface area contributed by atoms with Gasteiger partial charge in [0.1, 0.15) is 5.92 Å². The van der Waals surface area contributed by atoms with Gasteiger partial charge in [-0.05, 0) is 49.1 Å². The molecule has 0 N–H and O–H groups in total. The third kappa shape index (κ3) is 5.24. The molecule has 0 fully saturated rings. The predicted octanol–water partition coefficient (Wildman–Crippen LogP) is 5.05. The molecule has 0 saturated heterocycles. The summed E-state index contributed by atoms with van der Waals surface area (Å²) in [6.45, 7) is 7.94. The molecule has 222 valence electrons. The summed E-state index contributed by atoms with van der Waals surface area (Å²) in [5.41, 5.74) is 4.30. The standard InChI is InChI=1S/C35H32N4O4S/c1-5-43-34(42)29-30(24-12-8-6-9-13-24)36-35-38(31(29)25-18-16-23(17-19-25)21(2)3)33(41)28(44-35)20-27-22(4)37-39(32(27)40)26-14-10-7-11-15-26/h6-21,27,31H,5H2,1-4H3/b28-20+/t27-,31-/m0/s1. The zero-order chi connectivity index (χ0) is 31.0. The summed E-state index contributed by atoms with van der Waals surface area (Å²) >= 11 is 1.20. The Morgan fingerprint density at radius 1 is 0.977 bits per heavy atom. The largest absolute Gasteiger partial charge is 0.463 e. The monoisotopic (exact) mass is 604 g/mol. The number of para-hydroxylation sites is 1. The number of carbonyl (C=O) groups is 2. The van der Waals surface area contributed by atoms with Crippen LogP contribution in [-0.2, 0) is 14.3 Å². The molecule has 44 heavy (non-hydrogen) atoms. The summed E-state index contributed by atoms with van der Waals surface area (Å²) < 4.78 is 7.47. The van der Waals surface area contributed by atoms with Crippen molar-refractivity contribution in [1.29, 1.82) is 0 Å². The van der Waals surface area contributed by atoms with Crippen LogP contribution in [0.2, 0.25) is 0 Å². The lowest BCUT2D eigenvalue weighted by Gasteiger charge is -2.26. The van der Waals surface area contributed by atoms with E-state index in [1.54, 1.807) is 24.5 Å². The van der Waals surface area contributed by atoms with E-state index in [1.807, 2.05) is 84.9 Å². The van der Waals surface area contributed by atoms with Crippen LogP contribution in [0.1, 0.15) is 56.3 Å². The summed E-state index contributed by atoms with van der Waals surface area (Å²) in [7, 11) is 0. The number of carbonyl (C=O) groups excluding carboxylic acids is 2. The van der Waals surface area contributed by atoms with Crippen LogP contribution in [0.5, 0.6) is 0 Å². The lowest BCUT2D eigenvalue weighted by molar-refractivity contribution is -0.138. The van der Waals surface area contributed by atoms with Gasteiger partial charge in [0.2, 0.25) is 0 Å². The van der Waals surface area contributed by atoms with Crippen LogP contribution in [0.15, 0.2) is 105 Å². The van der Waals surface area contributed by atoms with Crippen molar-refractivity contribution >= 4 is 46.4 Å². The van der Waals surface area contributed by atoms with Crippen molar-refractivity contribution in [2.45, 2.75) is 39.7 Å². The van der Waals surface area contributed by atoms with Crippen molar-refractivity contribution in [2.24, 2.45) is 16.0 Å². The van der Waals surface area contributed by atoms with Gasteiger partial charge in [-0.15, -0.1) is 0 Å². The number of esters is 1. The van der Waals surface area contributed by atoms with Crippen LogP contribution in [0.25, 0.3) is 11.8 Å². The lowest BCUT2D eigenvalue weighted by Crippen LogP contribution is -2.40. The van der Waals surface area contributed by atoms with Crippen LogP contribution in [0.3, 0.4) is 0 Å². The highest BCUT2D eigenvalue weighted by Gasteiger charge is 2.37. The number of nitrogens with zero attached hydrogens (tertiary/aromatic N) is 4. The molecule has 3 heterocycles. The zero-order valence-electron chi connectivity index (χ0n) is 24.9. The van der Waals surface area contributed by atoms with Gasteiger partial charge in [0.05, 0.1) is 39.9 Å². The van der Waals surface area contributed by atoms with Crippen molar-refractivity contribution in [3.8, 4) is 0 Å². The fourth-order valence-corrected chi connectivity index (χ4v) is 6.52. The second-order valence-electron chi connectivity index (χ2n) is 11.0. The quantitative estimate of drug-likeness (QED) is 0.276. The van der Waals surface area contributed by atoms with Crippen molar-refractivity contribution in [1.82, 2.24) is 4.57 Å². The molecule has 2 aliphatic heterocycles. The van der Waals surface area contributed by atoms with Crippen LogP contribution < -0.4 is 19.9 Å². The number of thiazole rings is 1. The second kappa shape index (κ2) is 12.0. The Labute approximate surface area is 259 Å². The van der Waals surface area contributed by atoms with E-state index in [2.05, 4.69) is 18.9 Å². The highest BCUT2D eigenvalue weighted by Crippen LogP contribution is 2.35. The number of hydrogen-bond donors (Lipinski definition) is 0. The van der Waals surface area contributed by atoms with E-state index in [0.717, 1.165) is 16.7 Å². The Hall–Kier alpha value is -4.89. The average Bonchev–Trinajstić information content (AvgIpc) is 3.51. The number of amides is 1. The number of hydrogen-bond acceptors (Lipinski definition) is 7. The van der Waals surface area contributed by atoms with Gasteiger partial charge in [0.15, 0.2) is 4.80 Å². The maximum Gasteiger partial charge on any atom is 0.338 e. The number of aromatic nitrogens is 1. The van der Waals surface area contributed by atoms with Crippen molar-refractivity contribution in [3.05, 3.63) is 127 Å². The molecule has 8 nitrogen and oxygen atoms in total. The Balaban J connectivity index is 1.55. The summed E-state index contributed by atoms with van der Waals surface area (Å²) in [5, 5.41) is 5.87. The SMILES string of the molecule is CCOC(=O)C1=C(c2ccccc2)N=c2s/c(=C/[C@@H]3C(=O)N(c4ccccc4)N=C3C)c(=O)n2[C@H]1c1ccc(C(C)C)cc1. The first-order valence-corrected chi connectivity index (χ1v) is 15.4. The van der Waals surface area contributed by atoms with E-state index < -0.39 is 17.9 Å². The van der Waals surface area contributed by atoms with Crippen molar-refractivity contribution in [2.75, 3.05) is 11.6 Å². The molecule has 0 bridgehead atoms. The maximum atomic E-state index is 14.2. The number of benzene rings is 3. The molecule has 4 aromatic rings. The van der Waals surface area contributed by atoms with E-state index in [9.17, 15) is 14.4 Å². The summed E-state index contributed by atoms with van der Waals surface area (Å²) in [4.78, 5) is 46.7. The molecule has 3 aromatic carbocycles. The van der Waals surface area contributed by atoms with E-state index in [0.29, 0.717) is 37.9 Å². The van der Waals surface area contributed by atoms with Crippen molar-refractivity contribution < 1.29 is 14.3 Å². The van der Waals surface area contributed by atoms with Crippen LogP contribution >= 0.6 is 11.3 Å². The van der Waals surface area contributed by atoms with Gasteiger partial charge in [-0.2, -0.15) is 10.1 Å². The van der Waals surface area contributed by atoms with Gasteiger partial charge in [-0.25, -0.2) is 9.79 Å². The normalized spacial score (nSPS) is 18.4. The van der Waals surface area contributed by atoms with E-state index in [4.69, 9.17) is 9.73 Å². The first-order chi connectivity index (χ1) is 21.3. The topological polar surface area (TPSA) is 93.3 Å². The number of fused-ring (bicyclic) bond motifs is 1. The molecule has 2 aliphatic rings. The maximum absolute atomic E-state index is 14.2. The number of ether oxygens (including phenoxy) is 1. The third-order valence-electron chi connectivity index (χ3n) is 7.79. The first kappa shape index (κ1) is 29.2. The molecular formula is C35H32N4O4S. The molecule has 1 amide bonds. The van der Waals surface area contributed by atoms with Crippen LogP contribution in [0.4, 0.5) is 5.69 Å². The minimum atomic E-state index is -0.779. The Kier molecular flexibility index (Phi) is 7.97. The first-order valence-electron chi connectivity index (χ1n) is 14.6. The van der Waals surface area contributed by atoms with Gasteiger partial charge in [0, 0.05) is 5.56 Å². The minimum Gasteiger partial charge on any atom is -0.463 e. The molecule has 0 spiro atoms. The van der Waals surface area contributed by atoms with Gasteiger partial charge in [0.25, 0.3) is 11.5 Å². The molecule has 1 aromatic heterocycles. The van der Waals surface area contributed by atoms with E-state index >= 15 is 0 Å². The Morgan fingerprint density at radius 2 is 1.64 bits per heavy atom. The molecule has 0 radical (unpaired) electrons. The molecule has 0 saturated carbocycles. The predicted molar refractivity (Wildman–Crippen MR) is 173 cm³/mol. The van der Waals surface area contributed by atoms with E-state index in [-0.39, 0.29) is 18.1 Å². The lowest BCUT2D eigenvalue weighted by atomic mass is 9.91. The molecule has 6 rings (SSSR count). The number of anilines is 1. The van der Waals surface area contributed by atoms with Crippen LogP contribution in [0, 0.1) is 5.92 Å². The van der Waals surface area contributed by atoms with Crippen LogP contribution in [-0.4, -0.2) is 28.8 Å². The molecule has 0 unspecified atom stereocenters. The second-order valence-corrected chi connectivity index (χ2v) is 12.0. The average molecular weight is 605 g/mol. The summed E-state index contributed by atoms with van der Waals surface area (Å²) in [6, 6.07) is 25.8. The molecular weight excluding hydrogens is 572 g/mol. The van der Waals surface area contributed by atoms with Gasteiger partial charge >= 0.3 is 5.97 Å². The van der Waals surface area contributed by atoms with Crippen molar-refractivity contribution in [3.63, 3.8) is 0 Å². The fourth-order valence-electron chi connectivity index (χ4n) is 5.51. The fraction of sp³-hybridized carbons (Fsp3) is 0.229. The molecule has 0 aliphatic carbocycles.